The monoisotopic (exact) mass is 510 g/mol. The highest BCUT2D eigenvalue weighted by molar-refractivity contribution is 7.13. The summed E-state index contributed by atoms with van der Waals surface area (Å²) in [5, 5.41) is 11.3. The van der Waals surface area contributed by atoms with Gasteiger partial charge < -0.3 is 10.3 Å². The third kappa shape index (κ3) is 4.25. The lowest BCUT2D eigenvalue weighted by Gasteiger charge is -2.23. The summed E-state index contributed by atoms with van der Waals surface area (Å²) in [7, 11) is 0. The number of nitrogens with one attached hydrogen (secondary N) is 3. The number of hydrogen-bond donors (Lipinski definition) is 3. The zero-order valence-electron chi connectivity index (χ0n) is 20.4. The number of hydrogen-bond acceptors (Lipinski definition) is 7. The van der Waals surface area contributed by atoms with Crippen LogP contribution in [0, 0.1) is 10.5 Å². The van der Waals surface area contributed by atoms with Crippen molar-refractivity contribution in [2.75, 3.05) is 5.32 Å². The van der Waals surface area contributed by atoms with E-state index in [1.54, 1.807) is 30.9 Å². The van der Waals surface area contributed by atoms with Gasteiger partial charge in [0.2, 0.25) is 0 Å². The van der Waals surface area contributed by atoms with Crippen LogP contribution < -0.4 is 5.32 Å². The SMILES string of the molecule is C=C(Nc1cncc(-c2cnc3n[nH]c(-c4nc5c(-c6ccc(F)s6)nccc5[nH]4)c3c2)c1)C(C)(C)C. The number of H-pyrrole nitrogens is 2. The van der Waals surface area contributed by atoms with Crippen molar-refractivity contribution in [1.82, 2.24) is 35.1 Å². The number of rotatable bonds is 5. The van der Waals surface area contributed by atoms with Gasteiger partial charge in [-0.15, -0.1) is 11.3 Å². The molecule has 6 aromatic heterocycles. The van der Waals surface area contributed by atoms with Gasteiger partial charge in [-0.2, -0.15) is 9.49 Å². The van der Waals surface area contributed by atoms with Crippen LogP contribution in [0.15, 0.2) is 67.4 Å². The first kappa shape index (κ1) is 23.0. The molecule has 37 heavy (non-hydrogen) atoms. The van der Waals surface area contributed by atoms with Crippen molar-refractivity contribution in [1.29, 1.82) is 0 Å². The van der Waals surface area contributed by atoms with Gasteiger partial charge in [0.15, 0.2) is 16.6 Å². The first-order chi connectivity index (χ1) is 17.8. The van der Waals surface area contributed by atoms with Crippen LogP contribution >= 0.6 is 11.3 Å². The number of allylic oxidation sites excluding steroid dienone is 1. The molecule has 0 unspecified atom stereocenters. The zero-order chi connectivity index (χ0) is 25.7. The van der Waals surface area contributed by atoms with Gasteiger partial charge in [-0.1, -0.05) is 27.4 Å². The highest BCUT2D eigenvalue weighted by atomic mass is 32.1. The lowest BCUT2D eigenvalue weighted by molar-refractivity contribution is 0.509. The van der Waals surface area contributed by atoms with Crippen LogP contribution in [-0.2, 0) is 0 Å². The summed E-state index contributed by atoms with van der Waals surface area (Å²) in [5.74, 6) is 0.595. The Kier molecular flexibility index (Phi) is 5.34. The Bertz CT molecular complexity index is 1790. The van der Waals surface area contributed by atoms with Gasteiger partial charge in [-0.05, 0) is 30.3 Å². The average molecular weight is 511 g/mol. The Balaban J connectivity index is 1.40. The Morgan fingerprint density at radius 3 is 2.68 bits per heavy atom. The van der Waals surface area contributed by atoms with E-state index in [9.17, 15) is 4.39 Å². The van der Waals surface area contributed by atoms with E-state index in [1.807, 2.05) is 18.2 Å². The molecular weight excluding hydrogens is 487 g/mol. The molecule has 6 rings (SSSR count). The van der Waals surface area contributed by atoms with Crippen molar-refractivity contribution in [2.45, 2.75) is 20.8 Å². The van der Waals surface area contributed by atoms with E-state index in [1.165, 1.54) is 6.07 Å². The van der Waals surface area contributed by atoms with Gasteiger partial charge in [-0.3, -0.25) is 15.1 Å². The van der Waals surface area contributed by atoms with Gasteiger partial charge in [-0.25, -0.2) is 9.97 Å². The summed E-state index contributed by atoms with van der Waals surface area (Å²) in [6.45, 7) is 10.5. The summed E-state index contributed by atoms with van der Waals surface area (Å²) in [4.78, 5) is 22.3. The molecule has 0 amide bonds. The minimum absolute atomic E-state index is 0.0816. The Morgan fingerprint density at radius 2 is 1.89 bits per heavy atom. The number of thiophene rings is 1. The van der Waals surface area contributed by atoms with Gasteiger partial charge in [0.25, 0.3) is 0 Å². The first-order valence-electron chi connectivity index (χ1n) is 11.6. The highest BCUT2D eigenvalue weighted by Gasteiger charge is 2.18. The number of aromatic nitrogens is 7. The first-order valence-corrected chi connectivity index (χ1v) is 12.4. The Morgan fingerprint density at radius 1 is 1.05 bits per heavy atom. The van der Waals surface area contributed by atoms with Gasteiger partial charge in [0.1, 0.15) is 16.9 Å². The smallest absolute Gasteiger partial charge is 0.181 e. The number of fused-ring (bicyclic) bond motifs is 2. The fourth-order valence-electron chi connectivity index (χ4n) is 3.94. The number of imidazole rings is 1. The molecule has 0 aliphatic carbocycles. The van der Waals surface area contributed by atoms with Crippen LogP contribution in [0.25, 0.3) is 55.3 Å². The highest BCUT2D eigenvalue weighted by Crippen LogP contribution is 2.34. The van der Waals surface area contributed by atoms with Crippen molar-refractivity contribution in [3.05, 3.63) is 72.5 Å². The molecule has 184 valence electrons. The maximum absolute atomic E-state index is 13.7. The van der Waals surface area contributed by atoms with Crippen LogP contribution in [0.1, 0.15) is 20.8 Å². The molecule has 0 saturated heterocycles. The fourth-order valence-corrected chi connectivity index (χ4v) is 4.67. The van der Waals surface area contributed by atoms with Gasteiger partial charge >= 0.3 is 0 Å². The molecule has 0 saturated carbocycles. The van der Waals surface area contributed by atoms with Crippen molar-refractivity contribution in [3.63, 3.8) is 0 Å². The number of pyridine rings is 3. The van der Waals surface area contributed by atoms with E-state index < -0.39 is 0 Å². The molecule has 10 heteroatoms. The van der Waals surface area contributed by atoms with Crippen molar-refractivity contribution < 1.29 is 4.39 Å². The molecule has 0 atom stereocenters. The summed E-state index contributed by atoms with van der Waals surface area (Å²) in [5.41, 5.74) is 6.83. The van der Waals surface area contributed by atoms with E-state index in [2.05, 4.69) is 62.8 Å². The van der Waals surface area contributed by atoms with Crippen molar-refractivity contribution >= 4 is 39.1 Å². The molecule has 0 aromatic carbocycles. The molecule has 0 radical (unpaired) electrons. The summed E-state index contributed by atoms with van der Waals surface area (Å²) >= 11 is 1.04. The fraction of sp³-hybridized carbons (Fsp3) is 0.148. The normalized spacial score (nSPS) is 11.9. The maximum atomic E-state index is 13.7. The Hall–Kier alpha value is -4.44. The summed E-state index contributed by atoms with van der Waals surface area (Å²) in [6, 6.07) is 9.03. The predicted molar refractivity (Wildman–Crippen MR) is 145 cm³/mol. The minimum Gasteiger partial charge on any atom is -0.358 e. The Labute approximate surface area is 215 Å². The number of nitrogens with zero attached hydrogens (tertiary/aromatic N) is 5. The van der Waals surface area contributed by atoms with Crippen molar-refractivity contribution in [3.8, 4) is 33.2 Å². The summed E-state index contributed by atoms with van der Waals surface area (Å²) < 4.78 is 13.7. The zero-order valence-corrected chi connectivity index (χ0v) is 21.2. The molecule has 3 N–H and O–H groups in total. The van der Waals surface area contributed by atoms with Crippen LogP contribution in [0.2, 0.25) is 0 Å². The second-order valence-corrected chi connectivity index (χ2v) is 10.8. The van der Waals surface area contributed by atoms with E-state index in [0.717, 1.165) is 49.6 Å². The second-order valence-electron chi connectivity index (χ2n) is 9.75. The quantitative estimate of drug-likeness (QED) is 0.235. The molecule has 8 nitrogen and oxygen atoms in total. The third-order valence-corrected chi connectivity index (χ3v) is 7.01. The van der Waals surface area contributed by atoms with E-state index in [0.29, 0.717) is 28.4 Å². The van der Waals surface area contributed by atoms with Crippen LogP contribution in [0.3, 0.4) is 0 Å². The standard InChI is InChI=1S/C27H23FN8S/c1-14(27(2,3)4)32-17-9-15(11-29-13-17)16-10-18-22(35-36-25(18)31-12-16)26-33-19-7-8-30-24(23(19)34-26)20-5-6-21(28)37-20/h5-13,32H,1H2,2-4H3,(H,33,34)(H,31,35,36). The number of aromatic amines is 2. The van der Waals surface area contributed by atoms with Crippen LogP contribution in [-0.4, -0.2) is 35.1 Å². The molecule has 0 spiro atoms. The molecule has 6 heterocycles. The van der Waals surface area contributed by atoms with Crippen molar-refractivity contribution in [2.24, 2.45) is 5.41 Å². The van der Waals surface area contributed by atoms with Crippen LogP contribution in [0.5, 0.6) is 0 Å². The molecule has 0 bridgehead atoms. The average Bonchev–Trinajstić information content (AvgIpc) is 3.60. The molecule has 6 aromatic rings. The van der Waals surface area contributed by atoms with Gasteiger partial charge in [0.05, 0.1) is 27.7 Å². The molecule has 0 fully saturated rings. The predicted octanol–water partition coefficient (Wildman–Crippen LogP) is 6.80. The third-order valence-electron chi connectivity index (χ3n) is 6.13. The van der Waals surface area contributed by atoms with E-state index in [-0.39, 0.29) is 10.5 Å². The molecule has 0 aliphatic heterocycles. The van der Waals surface area contributed by atoms with Gasteiger partial charge in [0, 0.05) is 40.8 Å². The van der Waals surface area contributed by atoms with E-state index in [4.69, 9.17) is 4.98 Å². The summed E-state index contributed by atoms with van der Waals surface area (Å²) in [6.07, 6.45) is 7.03. The number of halogens is 1. The van der Waals surface area contributed by atoms with Crippen LogP contribution in [0.4, 0.5) is 10.1 Å². The molecular formula is C27H23FN8S. The van der Waals surface area contributed by atoms with E-state index >= 15 is 0 Å². The topological polar surface area (TPSA) is 108 Å². The second kappa shape index (κ2) is 8.59. The number of anilines is 1. The minimum atomic E-state index is -0.265. The lowest BCUT2D eigenvalue weighted by atomic mass is 9.93. The molecule has 0 aliphatic rings. The lowest BCUT2D eigenvalue weighted by Crippen LogP contribution is -2.15. The largest absolute Gasteiger partial charge is 0.358 e. The maximum Gasteiger partial charge on any atom is 0.181 e.